The Morgan fingerprint density at radius 1 is 1.36 bits per heavy atom. The number of imide groups is 3. The largest absolute Gasteiger partial charge is 0.610 e. The van der Waals surface area contributed by atoms with Crippen molar-refractivity contribution < 1.29 is 19.0 Å². The third kappa shape index (κ3) is 0.892. The number of hydroxylamine groups is 3. The molecule has 0 aromatic rings. The summed E-state index contributed by atoms with van der Waals surface area (Å²) < 4.78 is -1.89. The highest BCUT2D eigenvalue weighted by Crippen LogP contribution is 2.21. The zero-order valence-electron chi connectivity index (χ0n) is 5.99. The van der Waals surface area contributed by atoms with Gasteiger partial charge in [0, 0.05) is 0 Å². The highest BCUT2D eigenvalue weighted by Gasteiger charge is 2.46. The highest BCUT2D eigenvalue weighted by atomic mass is 16.6. The van der Waals surface area contributed by atoms with E-state index in [0.717, 1.165) is 6.92 Å². The molecule has 0 radical (unpaired) electrons. The molecule has 1 heterocycles. The van der Waals surface area contributed by atoms with Crippen LogP contribution in [-0.4, -0.2) is 22.4 Å². The van der Waals surface area contributed by atoms with Crippen LogP contribution in [0, 0.1) is 5.21 Å². The molecule has 1 saturated heterocycles. The predicted molar refractivity (Wildman–Crippen MR) is 33.6 cm³/mol. The van der Waals surface area contributed by atoms with Crippen LogP contribution in [0.3, 0.4) is 0 Å². The number of amides is 3. The molecule has 1 rings (SSSR count). The van der Waals surface area contributed by atoms with E-state index in [1.807, 2.05) is 0 Å². The Labute approximate surface area is 62.8 Å². The van der Waals surface area contributed by atoms with Crippen LogP contribution in [0.2, 0.25) is 0 Å². The van der Waals surface area contributed by atoms with Gasteiger partial charge in [-0.1, -0.05) is 0 Å². The number of quaternary nitrogens is 1. The molecular formula is C6H7NO4. The second-order valence-corrected chi connectivity index (χ2v) is 2.42. The van der Waals surface area contributed by atoms with Gasteiger partial charge in [-0.15, -0.1) is 0 Å². The van der Waals surface area contributed by atoms with Gasteiger partial charge in [0.15, 0.2) is 0 Å². The van der Waals surface area contributed by atoms with Crippen molar-refractivity contribution >= 4 is 17.7 Å². The Balaban J connectivity index is 3.08. The van der Waals surface area contributed by atoms with Gasteiger partial charge in [0.05, 0.1) is 19.8 Å². The van der Waals surface area contributed by atoms with Crippen molar-refractivity contribution in [1.82, 2.24) is 0 Å². The molecule has 0 spiro atoms. The first-order chi connectivity index (χ1) is 4.99. The number of likely N-dealkylation sites (tertiary alicyclic amines) is 1. The summed E-state index contributed by atoms with van der Waals surface area (Å²) >= 11 is 0. The minimum Gasteiger partial charge on any atom is -0.610 e. The minimum absolute atomic E-state index is 0.109. The smallest absolute Gasteiger partial charge is 0.329 e. The lowest BCUT2D eigenvalue weighted by atomic mass is 10.4. The molecule has 1 fully saturated rings. The molecular weight excluding hydrogens is 150 g/mol. The summed E-state index contributed by atoms with van der Waals surface area (Å²) in [6.07, 6.45) is -0.218. The lowest BCUT2D eigenvalue weighted by Crippen LogP contribution is -2.50. The SMILES string of the molecule is CC(=O)[N+]1([O-])C(=O)CCC1=O. The van der Waals surface area contributed by atoms with Gasteiger partial charge < -0.3 is 5.21 Å². The lowest BCUT2D eigenvalue weighted by molar-refractivity contribution is -0.640. The molecule has 0 unspecified atom stereocenters. The number of carbonyl (C=O) groups excluding carboxylic acids is 3. The third-order valence-corrected chi connectivity index (χ3v) is 1.70. The fraction of sp³-hybridized carbons (Fsp3) is 0.500. The van der Waals surface area contributed by atoms with E-state index in [1.165, 1.54) is 0 Å². The van der Waals surface area contributed by atoms with Gasteiger partial charge in [-0.25, -0.2) is 14.4 Å². The number of hydrogen-bond donors (Lipinski definition) is 0. The molecule has 0 aromatic heterocycles. The third-order valence-electron chi connectivity index (χ3n) is 1.70. The molecule has 5 nitrogen and oxygen atoms in total. The van der Waals surface area contributed by atoms with Crippen molar-refractivity contribution in [3.63, 3.8) is 0 Å². The molecule has 11 heavy (non-hydrogen) atoms. The van der Waals surface area contributed by atoms with Crippen molar-refractivity contribution in [2.75, 3.05) is 0 Å². The number of hydrogen-bond acceptors (Lipinski definition) is 4. The maximum atomic E-state index is 11.2. The molecule has 0 N–H and O–H groups in total. The predicted octanol–water partition coefficient (Wildman–Crippen LogP) is -0.306. The van der Waals surface area contributed by atoms with E-state index in [9.17, 15) is 19.6 Å². The van der Waals surface area contributed by atoms with Crippen molar-refractivity contribution in [1.29, 1.82) is 0 Å². The molecule has 1 aliphatic rings. The van der Waals surface area contributed by atoms with E-state index in [0.29, 0.717) is 0 Å². The Morgan fingerprint density at radius 3 is 1.91 bits per heavy atom. The molecule has 0 aliphatic carbocycles. The summed E-state index contributed by atoms with van der Waals surface area (Å²) in [5.41, 5.74) is 0. The van der Waals surface area contributed by atoms with Gasteiger partial charge in [-0.2, -0.15) is 4.65 Å². The highest BCUT2D eigenvalue weighted by molar-refractivity contribution is 6.02. The first kappa shape index (κ1) is 8.03. The molecule has 3 amide bonds. The maximum absolute atomic E-state index is 11.2. The topological polar surface area (TPSA) is 74.3 Å². The first-order valence-electron chi connectivity index (χ1n) is 3.17. The fourth-order valence-electron chi connectivity index (χ4n) is 1.02. The molecule has 0 saturated carbocycles. The van der Waals surface area contributed by atoms with Crippen LogP contribution in [0.5, 0.6) is 0 Å². The first-order valence-corrected chi connectivity index (χ1v) is 3.17. The van der Waals surface area contributed by atoms with Crippen molar-refractivity contribution in [3.8, 4) is 0 Å². The summed E-state index contributed by atoms with van der Waals surface area (Å²) in [6, 6.07) is 0. The zero-order valence-corrected chi connectivity index (χ0v) is 5.99. The fourth-order valence-corrected chi connectivity index (χ4v) is 1.02. The summed E-state index contributed by atoms with van der Waals surface area (Å²) in [5, 5.41) is 11.2. The summed E-state index contributed by atoms with van der Waals surface area (Å²) in [5.74, 6) is -2.64. The molecule has 1 aliphatic heterocycles. The van der Waals surface area contributed by atoms with Gasteiger partial charge in [0.2, 0.25) is 0 Å². The molecule has 0 atom stereocenters. The number of carbonyl (C=O) groups is 3. The van der Waals surface area contributed by atoms with Gasteiger partial charge in [0.25, 0.3) is 0 Å². The van der Waals surface area contributed by atoms with E-state index >= 15 is 0 Å². The zero-order chi connectivity index (χ0) is 8.65. The van der Waals surface area contributed by atoms with Gasteiger partial charge in [0.1, 0.15) is 0 Å². The molecule has 0 aromatic carbocycles. The average molecular weight is 157 g/mol. The number of rotatable bonds is 0. The average Bonchev–Trinajstić information content (AvgIpc) is 2.18. The van der Waals surface area contributed by atoms with E-state index < -0.39 is 22.4 Å². The normalized spacial score (nSPS) is 22.4. The summed E-state index contributed by atoms with van der Waals surface area (Å²) in [6.45, 7) is 0.952. The molecule has 0 bridgehead atoms. The lowest BCUT2D eigenvalue weighted by Gasteiger charge is -2.27. The Kier molecular flexibility index (Phi) is 1.62. The van der Waals surface area contributed by atoms with Crippen LogP contribution >= 0.6 is 0 Å². The van der Waals surface area contributed by atoms with Crippen molar-refractivity contribution in [2.24, 2.45) is 0 Å². The maximum Gasteiger partial charge on any atom is 0.329 e. The van der Waals surface area contributed by atoms with E-state index in [-0.39, 0.29) is 12.8 Å². The van der Waals surface area contributed by atoms with Gasteiger partial charge >= 0.3 is 17.7 Å². The van der Waals surface area contributed by atoms with E-state index in [4.69, 9.17) is 0 Å². The van der Waals surface area contributed by atoms with Crippen molar-refractivity contribution in [3.05, 3.63) is 5.21 Å². The minimum atomic E-state index is -1.89. The monoisotopic (exact) mass is 157 g/mol. The molecule has 60 valence electrons. The standard InChI is InChI=1S/C6H7NO4/c1-4(8)7(11)5(9)2-3-6(7)10/h2-3H2,1H3. The van der Waals surface area contributed by atoms with Gasteiger partial charge in [-0.05, 0) is 0 Å². The van der Waals surface area contributed by atoms with Crippen LogP contribution in [0.1, 0.15) is 19.8 Å². The number of nitrogens with zero attached hydrogens (tertiary/aromatic N) is 1. The van der Waals surface area contributed by atoms with E-state index in [2.05, 4.69) is 0 Å². The van der Waals surface area contributed by atoms with Crippen LogP contribution < -0.4 is 0 Å². The Morgan fingerprint density at radius 2 is 1.73 bits per heavy atom. The van der Waals surface area contributed by atoms with Crippen LogP contribution in [0.4, 0.5) is 0 Å². The van der Waals surface area contributed by atoms with Crippen molar-refractivity contribution in [2.45, 2.75) is 19.8 Å². The Bertz CT molecular complexity index is 229. The van der Waals surface area contributed by atoms with Crippen LogP contribution in [0.15, 0.2) is 0 Å². The van der Waals surface area contributed by atoms with Crippen LogP contribution in [-0.2, 0) is 14.4 Å². The van der Waals surface area contributed by atoms with Gasteiger partial charge in [-0.3, -0.25) is 0 Å². The van der Waals surface area contributed by atoms with Crippen LogP contribution in [0.25, 0.3) is 0 Å². The second-order valence-electron chi connectivity index (χ2n) is 2.42. The summed E-state index contributed by atoms with van der Waals surface area (Å²) in [7, 11) is 0. The molecule has 5 heteroatoms. The summed E-state index contributed by atoms with van der Waals surface area (Å²) in [4.78, 5) is 32.1. The quantitative estimate of drug-likeness (QED) is 0.275. The second kappa shape index (κ2) is 2.21. The van der Waals surface area contributed by atoms with E-state index in [1.54, 1.807) is 0 Å². The Hall–Kier alpha value is -1.07.